The lowest BCUT2D eigenvalue weighted by molar-refractivity contribution is 0.669. The Bertz CT molecular complexity index is 3590. The van der Waals surface area contributed by atoms with E-state index < -0.39 is 0 Å². The molecule has 0 radical (unpaired) electrons. The third-order valence-corrected chi connectivity index (χ3v) is 11.6. The average molecular weight is 767 g/mol. The summed E-state index contributed by atoms with van der Waals surface area (Å²) in [6.45, 7) is 0. The first-order valence-corrected chi connectivity index (χ1v) is 20.2. The summed E-state index contributed by atoms with van der Waals surface area (Å²) in [7, 11) is 0. The number of hydrogen-bond acceptors (Lipinski definition) is 4. The lowest BCUT2D eigenvalue weighted by Gasteiger charge is -2.12. The summed E-state index contributed by atoms with van der Waals surface area (Å²) in [5, 5.41) is 5.68. The van der Waals surface area contributed by atoms with Crippen molar-refractivity contribution in [2.45, 2.75) is 0 Å². The van der Waals surface area contributed by atoms with Crippen molar-refractivity contribution in [2.75, 3.05) is 0 Å². The molecule has 0 unspecified atom stereocenters. The van der Waals surface area contributed by atoms with Gasteiger partial charge in [-0.05, 0) is 59.7 Å². The van der Waals surface area contributed by atoms with Gasteiger partial charge in [-0.1, -0.05) is 158 Å². The summed E-state index contributed by atoms with van der Waals surface area (Å²) < 4.78 is 8.86. The molecular weight excluding hydrogens is 733 g/mol. The highest BCUT2D eigenvalue weighted by Gasteiger charge is 2.19. The maximum atomic E-state index is 6.51. The zero-order chi connectivity index (χ0) is 39.6. The highest BCUT2D eigenvalue weighted by atomic mass is 16.3. The molecule has 4 heterocycles. The number of nitrogens with zero attached hydrogens (tertiary/aromatic N) is 4. The molecule has 0 bridgehead atoms. The predicted octanol–water partition coefficient (Wildman–Crippen LogP) is 14.4. The highest BCUT2D eigenvalue weighted by Crippen LogP contribution is 2.40. The summed E-state index contributed by atoms with van der Waals surface area (Å²) in [5.74, 6) is 0.657. The second kappa shape index (κ2) is 13.8. The zero-order valence-electron chi connectivity index (χ0n) is 32.3. The molecule has 8 aromatic carbocycles. The fourth-order valence-corrected chi connectivity index (χ4v) is 8.75. The summed E-state index contributed by atoms with van der Waals surface area (Å²) in [6.07, 6.45) is 0. The number of rotatable bonds is 6. The van der Waals surface area contributed by atoms with E-state index >= 15 is 0 Å². The summed E-state index contributed by atoms with van der Waals surface area (Å²) in [6, 6.07) is 72.0. The van der Waals surface area contributed by atoms with Crippen LogP contribution in [0.15, 0.2) is 211 Å². The van der Waals surface area contributed by atoms with E-state index in [2.05, 4.69) is 174 Å². The molecular formula is C55H34N4O. The fourth-order valence-electron chi connectivity index (χ4n) is 8.75. The van der Waals surface area contributed by atoms with Crippen LogP contribution in [0.25, 0.3) is 117 Å². The van der Waals surface area contributed by atoms with E-state index in [1.54, 1.807) is 0 Å². The van der Waals surface area contributed by atoms with Crippen LogP contribution in [-0.2, 0) is 0 Å². The molecule has 0 spiro atoms. The molecule has 4 aromatic heterocycles. The molecule has 280 valence electrons. The van der Waals surface area contributed by atoms with Crippen LogP contribution in [0.2, 0.25) is 0 Å². The van der Waals surface area contributed by atoms with Crippen molar-refractivity contribution in [1.82, 2.24) is 19.5 Å². The van der Waals surface area contributed by atoms with E-state index in [1.165, 1.54) is 21.9 Å². The maximum absolute atomic E-state index is 6.51. The molecule has 0 N–H and O–H groups in total. The summed E-state index contributed by atoms with van der Waals surface area (Å²) >= 11 is 0. The van der Waals surface area contributed by atoms with Crippen LogP contribution in [0.5, 0.6) is 0 Å². The Morgan fingerprint density at radius 1 is 0.367 bits per heavy atom. The van der Waals surface area contributed by atoms with Gasteiger partial charge in [0.25, 0.3) is 0 Å². The minimum atomic E-state index is 0.657. The molecule has 0 amide bonds. The normalized spacial score (nSPS) is 11.7. The summed E-state index contributed by atoms with van der Waals surface area (Å²) in [5.41, 5.74) is 14.7. The highest BCUT2D eigenvalue weighted by molar-refractivity contribution is 6.20. The molecule has 0 aliphatic heterocycles. The number of pyridine rings is 1. The van der Waals surface area contributed by atoms with Crippen molar-refractivity contribution < 1.29 is 4.42 Å². The summed E-state index contributed by atoms with van der Waals surface area (Å²) in [4.78, 5) is 15.6. The van der Waals surface area contributed by atoms with Crippen LogP contribution in [-0.4, -0.2) is 19.5 Å². The van der Waals surface area contributed by atoms with Crippen LogP contribution in [0.4, 0.5) is 0 Å². The number of aromatic nitrogens is 4. The monoisotopic (exact) mass is 766 g/mol. The number of para-hydroxylation sites is 3. The molecule has 0 saturated heterocycles. The standard InChI is InChI=1S/C55H34N4O/c1-3-14-35(15-4-1)39-30-31-50-45(33-39)42-20-8-11-24-49(42)59(50)41-19-13-18-40(32-41)55-57-47(36-16-5-2-6-17-36)34-48(58-55)37-26-28-38(29-27-37)53-54-52(43-21-7-10-23-46(43)56-53)44-22-9-12-25-51(44)60-54/h1-34H. The Labute approximate surface area is 345 Å². The van der Waals surface area contributed by atoms with Crippen molar-refractivity contribution in [3.05, 3.63) is 206 Å². The van der Waals surface area contributed by atoms with Gasteiger partial charge in [0.2, 0.25) is 0 Å². The van der Waals surface area contributed by atoms with Gasteiger partial charge in [-0.25, -0.2) is 15.0 Å². The predicted molar refractivity (Wildman–Crippen MR) is 246 cm³/mol. The molecule has 0 aliphatic rings. The third kappa shape index (κ3) is 5.59. The van der Waals surface area contributed by atoms with Crippen molar-refractivity contribution in [1.29, 1.82) is 0 Å². The Balaban J connectivity index is 0.980. The molecule has 5 nitrogen and oxygen atoms in total. The van der Waals surface area contributed by atoms with E-state index in [0.717, 1.165) is 88.9 Å². The Kier molecular flexibility index (Phi) is 7.78. The number of furan rings is 1. The second-order valence-electron chi connectivity index (χ2n) is 15.2. The van der Waals surface area contributed by atoms with E-state index in [1.807, 2.05) is 36.4 Å². The average Bonchev–Trinajstić information content (AvgIpc) is 3.88. The third-order valence-electron chi connectivity index (χ3n) is 11.6. The number of hydrogen-bond donors (Lipinski definition) is 0. The van der Waals surface area contributed by atoms with Crippen molar-refractivity contribution >= 4 is 54.6 Å². The van der Waals surface area contributed by atoms with Gasteiger partial charge in [-0.2, -0.15) is 0 Å². The zero-order valence-corrected chi connectivity index (χ0v) is 32.3. The van der Waals surface area contributed by atoms with Crippen molar-refractivity contribution in [3.63, 3.8) is 0 Å². The molecule has 12 aromatic rings. The fraction of sp³-hybridized carbons (Fsp3) is 0. The van der Waals surface area contributed by atoms with Gasteiger partial charge in [0.1, 0.15) is 11.3 Å². The van der Waals surface area contributed by atoms with Crippen LogP contribution >= 0.6 is 0 Å². The second-order valence-corrected chi connectivity index (χ2v) is 15.2. The van der Waals surface area contributed by atoms with Crippen LogP contribution in [0, 0.1) is 0 Å². The topological polar surface area (TPSA) is 56.7 Å². The first kappa shape index (κ1) is 33.9. The largest absolute Gasteiger partial charge is 0.454 e. The molecule has 60 heavy (non-hydrogen) atoms. The first-order valence-electron chi connectivity index (χ1n) is 20.2. The minimum absolute atomic E-state index is 0.657. The van der Waals surface area contributed by atoms with Crippen molar-refractivity contribution in [2.24, 2.45) is 0 Å². The SMILES string of the molecule is c1ccc(-c2ccc3c(c2)c2ccccc2n3-c2cccc(-c3nc(-c4ccccc4)cc(-c4ccc(-c5nc6ccccc6c6c5oc5ccccc56)cc4)n3)c2)cc1. The molecule has 12 rings (SSSR count). The van der Waals surface area contributed by atoms with Gasteiger partial charge in [0.15, 0.2) is 11.4 Å². The molecule has 0 atom stereocenters. The Hall–Kier alpha value is -8.15. The van der Waals surface area contributed by atoms with E-state index in [0.29, 0.717) is 5.82 Å². The van der Waals surface area contributed by atoms with Crippen LogP contribution < -0.4 is 0 Å². The number of benzene rings is 8. The van der Waals surface area contributed by atoms with Crippen molar-refractivity contribution in [3.8, 4) is 62.0 Å². The molecule has 0 saturated carbocycles. The van der Waals surface area contributed by atoms with Gasteiger partial charge < -0.3 is 8.98 Å². The molecule has 5 heteroatoms. The van der Waals surface area contributed by atoms with E-state index in [4.69, 9.17) is 19.4 Å². The van der Waals surface area contributed by atoms with Crippen LogP contribution in [0.1, 0.15) is 0 Å². The quantitative estimate of drug-likeness (QED) is 0.169. The number of fused-ring (bicyclic) bond motifs is 8. The molecule has 0 aliphatic carbocycles. The molecule has 0 fully saturated rings. The van der Waals surface area contributed by atoms with Crippen LogP contribution in [0.3, 0.4) is 0 Å². The van der Waals surface area contributed by atoms with Gasteiger partial charge >= 0.3 is 0 Å². The maximum Gasteiger partial charge on any atom is 0.162 e. The van der Waals surface area contributed by atoms with Gasteiger partial charge in [0.05, 0.1) is 27.9 Å². The lowest BCUT2D eigenvalue weighted by atomic mass is 10.0. The smallest absolute Gasteiger partial charge is 0.162 e. The Morgan fingerprint density at radius 2 is 0.967 bits per heavy atom. The van der Waals surface area contributed by atoms with E-state index in [-0.39, 0.29) is 0 Å². The van der Waals surface area contributed by atoms with Gasteiger partial charge in [0, 0.05) is 54.9 Å². The lowest BCUT2D eigenvalue weighted by Crippen LogP contribution is -1.98. The first-order chi connectivity index (χ1) is 29.7. The Morgan fingerprint density at radius 3 is 1.77 bits per heavy atom. The van der Waals surface area contributed by atoms with Gasteiger partial charge in [-0.15, -0.1) is 0 Å². The van der Waals surface area contributed by atoms with E-state index in [9.17, 15) is 0 Å². The minimum Gasteiger partial charge on any atom is -0.454 e. The van der Waals surface area contributed by atoms with Gasteiger partial charge in [-0.3, -0.25) is 0 Å².